The number of hydrogen-bond acceptors (Lipinski definition) is 9. The van der Waals surface area contributed by atoms with Gasteiger partial charge in [0.05, 0.1) is 18.0 Å². The molecule has 170 valence electrons. The third kappa shape index (κ3) is 6.20. The number of piperidine rings is 1. The highest BCUT2D eigenvalue weighted by molar-refractivity contribution is 5.68. The van der Waals surface area contributed by atoms with Crippen molar-refractivity contribution in [2.75, 3.05) is 30.3 Å². The van der Waals surface area contributed by atoms with Crippen molar-refractivity contribution in [2.24, 2.45) is 0 Å². The van der Waals surface area contributed by atoms with Gasteiger partial charge in [0.25, 0.3) is 0 Å². The number of hydrogen-bond donors (Lipinski definition) is 2. The molecule has 0 unspecified atom stereocenters. The molecule has 3 rings (SSSR count). The normalized spacial score (nSPS) is 14.0. The van der Waals surface area contributed by atoms with E-state index >= 15 is 0 Å². The number of likely N-dealkylation sites (tertiary alicyclic amines) is 1. The van der Waals surface area contributed by atoms with Gasteiger partial charge >= 0.3 is 6.09 Å². The van der Waals surface area contributed by atoms with Gasteiger partial charge in [-0.2, -0.15) is 5.26 Å². The van der Waals surface area contributed by atoms with E-state index in [4.69, 9.17) is 9.47 Å². The zero-order valence-electron chi connectivity index (χ0n) is 18.7. The molecule has 0 radical (unpaired) electrons. The van der Waals surface area contributed by atoms with Crippen LogP contribution in [0.3, 0.4) is 0 Å². The number of ether oxygens (including phenoxy) is 2. The van der Waals surface area contributed by atoms with E-state index in [2.05, 4.69) is 38.6 Å². The summed E-state index contributed by atoms with van der Waals surface area (Å²) in [5, 5.41) is 16.0. The third-order valence-electron chi connectivity index (χ3n) is 4.82. The van der Waals surface area contributed by atoms with Crippen LogP contribution in [0, 0.1) is 11.3 Å². The molecule has 0 saturated carbocycles. The number of anilines is 3. The van der Waals surface area contributed by atoms with E-state index in [0.29, 0.717) is 37.4 Å². The Balaban J connectivity index is 1.62. The summed E-state index contributed by atoms with van der Waals surface area (Å²) in [5.74, 6) is 1.36. The molecule has 1 amide bonds. The van der Waals surface area contributed by atoms with Crippen LogP contribution in [0.2, 0.25) is 0 Å². The molecule has 0 aromatic carbocycles. The average molecular weight is 440 g/mol. The summed E-state index contributed by atoms with van der Waals surface area (Å²) in [6.45, 7) is 7.64. The average Bonchev–Trinajstić information content (AvgIpc) is 2.79. The van der Waals surface area contributed by atoms with Gasteiger partial charge in [0.2, 0.25) is 5.88 Å². The molecule has 1 fully saturated rings. The van der Waals surface area contributed by atoms with E-state index in [9.17, 15) is 10.1 Å². The van der Waals surface area contributed by atoms with E-state index in [0.717, 1.165) is 18.8 Å². The number of nitriles is 1. The van der Waals surface area contributed by atoms with Crippen LogP contribution < -0.4 is 15.4 Å². The second kappa shape index (κ2) is 11.1. The number of amides is 1. The Morgan fingerprint density at radius 1 is 1.28 bits per heavy atom. The van der Waals surface area contributed by atoms with Crippen LogP contribution in [-0.2, 0) is 4.74 Å². The molecule has 1 aliphatic heterocycles. The second-order valence-corrected chi connectivity index (χ2v) is 7.73. The van der Waals surface area contributed by atoms with Gasteiger partial charge in [-0.15, -0.1) is 0 Å². The first-order valence-electron chi connectivity index (χ1n) is 10.8. The van der Waals surface area contributed by atoms with Gasteiger partial charge in [-0.3, -0.25) is 0 Å². The Labute approximate surface area is 188 Å². The predicted molar refractivity (Wildman–Crippen MR) is 120 cm³/mol. The summed E-state index contributed by atoms with van der Waals surface area (Å²) in [7, 11) is 0. The number of pyridine rings is 1. The number of aromatic nitrogens is 3. The van der Waals surface area contributed by atoms with Crippen LogP contribution in [0.15, 0.2) is 24.7 Å². The summed E-state index contributed by atoms with van der Waals surface area (Å²) in [4.78, 5) is 26.4. The van der Waals surface area contributed by atoms with Crippen LogP contribution in [0.4, 0.5) is 22.1 Å². The number of nitrogens with zero attached hydrogens (tertiary/aromatic N) is 5. The Morgan fingerprint density at radius 2 is 2.06 bits per heavy atom. The van der Waals surface area contributed by atoms with E-state index < -0.39 is 0 Å². The van der Waals surface area contributed by atoms with Gasteiger partial charge in [-0.1, -0.05) is 6.92 Å². The molecule has 2 aromatic heterocycles. The Morgan fingerprint density at radius 3 is 2.69 bits per heavy atom. The number of carbonyl (C=O) groups is 1. The lowest BCUT2D eigenvalue weighted by Gasteiger charge is -2.31. The molecule has 0 atom stereocenters. The molecule has 10 nitrogen and oxygen atoms in total. The van der Waals surface area contributed by atoms with Gasteiger partial charge in [-0.05, 0) is 32.4 Å². The highest BCUT2D eigenvalue weighted by Crippen LogP contribution is 2.27. The van der Waals surface area contributed by atoms with E-state index in [1.165, 1.54) is 6.33 Å². The molecule has 1 saturated heterocycles. The summed E-state index contributed by atoms with van der Waals surface area (Å²) in [6.07, 6.45) is 4.68. The summed E-state index contributed by atoms with van der Waals surface area (Å²) >= 11 is 0. The largest absolute Gasteiger partial charge is 0.473 e. The van der Waals surface area contributed by atoms with Gasteiger partial charge < -0.3 is 25.0 Å². The van der Waals surface area contributed by atoms with E-state index in [1.54, 1.807) is 11.1 Å². The molecule has 0 bridgehead atoms. The highest BCUT2D eigenvalue weighted by Gasteiger charge is 2.27. The lowest BCUT2D eigenvalue weighted by atomic mass is 10.1. The minimum absolute atomic E-state index is 0.152. The van der Waals surface area contributed by atoms with Crippen LogP contribution in [0.25, 0.3) is 0 Å². The Bertz CT molecular complexity index is 936. The predicted octanol–water partition coefficient (Wildman–Crippen LogP) is 3.70. The Hall–Kier alpha value is -3.61. The molecule has 0 aliphatic carbocycles. The fraction of sp³-hybridized carbons (Fsp3) is 0.500. The molecule has 2 aromatic rings. The van der Waals surface area contributed by atoms with Crippen LogP contribution in [0.1, 0.15) is 45.6 Å². The van der Waals surface area contributed by atoms with Gasteiger partial charge in [0.1, 0.15) is 24.3 Å². The first kappa shape index (κ1) is 23.1. The molecule has 10 heteroatoms. The molecule has 2 N–H and O–H groups in total. The number of nitrogens with one attached hydrogen (secondary N) is 2. The van der Waals surface area contributed by atoms with Crippen molar-refractivity contribution in [2.45, 2.75) is 52.2 Å². The van der Waals surface area contributed by atoms with Gasteiger partial charge in [0, 0.05) is 32.5 Å². The SMILES string of the molecule is CCCNc1ccc(Nc2ncnc(OC3CCN(C(=O)OC(C)C)CC3)c2C#N)cn1. The van der Waals surface area contributed by atoms with Crippen LogP contribution in [0.5, 0.6) is 5.88 Å². The minimum Gasteiger partial charge on any atom is -0.473 e. The zero-order valence-corrected chi connectivity index (χ0v) is 18.7. The number of carbonyl (C=O) groups excluding carboxylic acids is 1. The molecule has 0 spiro atoms. The maximum Gasteiger partial charge on any atom is 0.410 e. The van der Waals surface area contributed by atoms with Crippen molar-refractivity contribution in [3.05, 3.63) is 30.2 Å². The second-order valence-electron chi connectivity index (χ2n) is 7.73. The van der Waals surface area contributed by atoms with Crippen molar-refractivity contribution in [3.8, 4) is 11.9 Å². The lowest BCUT2D eigenvalue weighted by Crippen LogP contribution is -2.42. The van der Waals surface area contributed by atoms with Crippen molar-refractivity contribution in [1.29, 1.82) is 5.26 Å². The minimum atomic E-state index is -0.311. The van der Waals surface area contributed by atoms with E-state index in [-0.39, 0.29) is 29.7 Å². The molecular weight excluding hydrogens is 410 g/mol. The lowest BCUT2D eigenvalue weighted by molar-refractivity contribution is 0.0506. The fourth-order valence-corrected chi connectivity index (χ4v) is 3.21. The maximum absolute atomic E-state index is 12.0. The summed E-state index contributed by atoms with van der Waals surface area (Å²) in [5.41, 5.74) is 0.924. The zero-order chi connectivity index (χ0) is 22.9. The smallest absolute Gasteiger partial charge is 0.410 e. The quantitative estimate of drug-likeness (QED) is 0.633. The topological polar surface area (TPSA) is 125 Å². The molecule has 32 heavy (non-hydrogen) atoms. The maximum atomic E-state index is 12.0. The van der Waals surface area contributed by atoms with Gasteiger partial charge in [0.15, 0.2) is 11.4 Å². The molecule has 1 aliphatic rings. The Kier molecular flexibility index (Phi) is 8.02. The molecule has 3 heterocycles. The van der Waals surface area contributed by atoms with Crippen LogP contribution >= 0.6 is 0 Å². The first-order chi connectivity index (χ1) is 15.5. The van der Waals surface area contributed by atoms with Crippen molar-refractivity contribution in [1.82, 2.24) is 19.9 Å². The van der Waals surface area contributed by atoms with E-state index in [1.807, 2.05) is 26.0 Å². The van der Waals surface area contributed by atoms with Crippen molar-refractivity contribution < 1.29 is 14.3 Å². The van der Waals surface area contributed by atoms with Crippen molar-refractivity contribution >= 4 is 23.4 Å². The fourth-order valence-electron chi connectivity index (χ4n) is 3.21. The number of rotatable bonds is 8. The summed E-state index contributed by atoms with van der Waals surface area (Å²) < 4.78 is 11.3. The standard InChI is InChI=1S/C22H29N7O3/c1-4-9-24-19-6-5-16(13-25-19)28-20-18(12-23)21(27-14-26-20)32-17-7-10-29(11-8-17)22(30)31-15(2)3/h5-6,13-15,17H,4,7-11H2,1-3H3,(H,24,25)(H,26,27,28). The van der Waals surface area contributed by atoms with Crippen molar-refractivity contribution in [3.63, 3.8) is 0 Å². The van der Waals surface area contributed by atoms with Gasteiger partial charge in [-0.25, -0.2) is 19.7 Å². The highest BCUT2D eigenvalue weighted by atomic mass is 16.6. The van der Waals surface area contributed by atoms with Crippen LogP contribution in [-0.4, -0.2) is 57.8 Å². The third-order valence-corrected chi connectivity index (χ3v) is 4.82. The first-order valence-corrected chi connectivity index (χ1v) is 10.8. The molecular formula is C22H29N7O3. The summed E-state index contributed by atoms with van der Waals surface area (Å²) in [6, 6.07) is 5.86. The monoisotopic (exact) mass is 439 g/mol.